The number of nitrogens with one attached hydrogen (secondary N) is 1. The van der Waals surface area contributed by atoms with Gasteiger partial charge in [-0.25, -0.2) is 4.79 Å². The number of ether oxygens (including phenoxy) is 1. The first-order valence-electron chi connectivity index (χ1n) is 6.95. The minimum absolute atomic E-state index is 0.324. The van der Waals surface area contributed by atoms with Gasteiger partial charge in [0.1, 0.15) is 0 Å². The molecular weight excluding hydrogens is 240 g/mol. The van der Waals surface area contributed by atoms with Crippen LogP contribution in [-0.4, -0.2) is 18.6 Å². The number of nitrogens with two attached hydrogens (primary N) is 1. The highest BCUT2D eigenvalue weighted by atomic mass is 16.5. The molecule has 0 radical (unpaired) electrons. The molecule has 1 aromatic carbocycles. The van der Waals surface area contributed by atoms with E-state index in [0.29, 0.717) is 29.8 Å². The number of rotatable bonds is 4. The molecule has 1 aromatic rings. The molecule has 104 valence electrons. The quantitative estimate of drug-likeness (QED) is 0.646. The zero-order valence-corrected chi connectivity index (χ0v) is 11.6. The van der Waals surface area contributed by atoms with Crippen LogP contribution in [0.2, 0.25) is 0 Å². The van der Waals surface area contributed by atoms with Gasteiger partial charge in [-0.1, -0.05) is 13.3 Å². The number of carbonyl (C=O) groups is 1. The Morgan fingerprint density at radius 1 is 1.47 bits per heavy atom. The van der Waals surface area contributed by atoms with Crippen molar-refractivity contribution in [3.05, 3.63) is 23.8 Å². The lowest BCUT2D eigenvalue weighted by molar-refractivity contribution is 0.0526. The van der Waals surface area contributed by atoms with Gasteiger partial charge in [0.25, 0.3) is 0 Å². The number of anilines is 2. The van der Waals surface area contributed by atoms with Gasteiger partial charge in [0.2, 0.25) is 0 Å². The molecule has 0 spiro atoms. The second-order valence-corrected chi connectivity index (χ2v) is 5.18. The minimum Gasteiger partial charge on any atom is -0.462 e. The summed E-state index contributed by atoms with van der Waals surface area (Å²) in [6, 6.07) is 5.79. The average molecular weight is 262 g/mol. The zero-order valence-electron chi connectivity index (χ0n) is 11.6. The van der Waals surface area contributed by atoms with Gasteiger partial charge in [-0.2, -0.15) is 0 Å². The van der Waals surface area contributed by atoms with Crippen molar-refractivity contribution in [2.24, 2.45) is 5.92 Å². The fourth-order valence-corrected chi connectivity index (χ4v) is 2.60. The predicted octanol–water partition coefficient (Wildman–Crippen LogP) is 3.05. The van der Waals surface area contributed by atoms with Crippen molar-refractivity contribution in [3.63, 3.8) is 0 Å². The molecule has 1 saturated carbocycles. The van der Waals surface area contributed by atoms with E-state index in [1.54, 1.807) is 19.1 Å². The summed E-state index contributed by atoms with van der Waals surface area (Å²) in [7, 11) is 0. The van der Waals surface area contributed by atoms with Crippen molar-refractivity contribution >= 4 is 17.3 Å². The maximum atomic E-state index is 11.6. The number of esters is 1. The van der Waals surface area contributed by atoms with Crippen LogP contribution in [0, 0.1) is 5.92 Å². The van der Waals surface area contributed by atoms with Crippen LogP contribution >= 0.6 is 0 Å². The maximum absolute atomic E-state index is 11.6. The summed E-state index contributed by atoms with van der Waals surface area (Å²) >= 11 is 0. The summed E-state index contributed by atoms with van der Waals surface area (Å²) in [4.78, 5) is 11.6. The predicted molar refractivity (Wildman–Crippen MR) is 77.2 cm³/mol. The summed E-state index contributed by atoms with van der Waals surface area (Å²) in [5.74, 6) is 0.346. The summed E-state index contributed by atoms with van der Waals surface area (Å²) in [6.07, 6.45) is 3.71. The van der Waals surface area contributed by atoms with Gasteiger partial charge in [0, 0.05) is 6.04 Å². The highest BCUT2D eigenvalue weighted by molar-refractivity contribution is 5.91. The first kappa shape index (κ1) is 13.7. The molecule has 0 heterocycles. The fourth-order valence-electron chi connectivity index (χ4n) is 2.60. The molecule has 1 aliphatic rings. The highest BCUT2D eigenvalue weighted by Crippen LogP contribution is 2.30. The molecule has 1 fully saturated rings. The Bertz CT molecular complexity index is 459. The van der Waals surface area contributed by atoms with Crippen LogP contribution in [0.5, 0.6) is 0 Å². The van der Waals surface area contributed by atoms with Crippen LogP contribution in [0.3, 0.4) is 0 Å². The molecule has 0 aromatic heterocycles. The number of nitrogen functional groups attached to an aromatic ring is 1. The normalized spacial score (nSPS) is 22.2. The van der Waals surface area contributed by atoms with Crippen molar-refractivity contribution in [1.82, 2.24) is 0 Å². The van der Waals surface area contributed by atoms with Gasteiger partial charge in [-0.05, 0) is 43.9 Å². The maximum Gasteiger partial charge on any atom is 0.338 e. The molecule has 2 atom stereocenters. The SMILES string of the molecule is CCOC(=O)c1ccc(NC2CCCC2C)c(N)c1. The van der Waals surface area contributed by atoms with Crippen LogP contribution in [0.25, 0.3) is 0 Å². The van der Waals surface area contributed by atoms with E-state index in [2.05, 4.69) is 12.2 Å². The molecular formula is C15H22N2O2. The lowest BCUT2D eigenvalue weighted by atomic mass is 10.1. The largest absolute Gasteiger partial charge is 0.462 e. The third-order valence-electron chi connectivity index (χ3n) is 3.77. The zero-order chi connectivity index (χ0) is 13.8. The number of carbonyl (C=O) groups excluding carboxylic acids is 1. The van der Waals surface area contributed by atoms with Crippen LogP contribution in [0.15, 0.2) is 18.2 Å². The Labute approximate surface area is 114 Å². The molecule has 1 aliphatic carbocycles. The Balaban J connectivity index is 2.08. The van der Waals surface area contributed by atoms with Crippen molar-refractivity contribution in [3.8, 4) is 0 Å². The molecule has 19 heavy (non-hydrogen) atoms. The lowest BCUT2D eigenvalue weighted by Gasteiger charge is -2.20. The van der Waals surface area contributed by atoms with Crippen molar-refractivity contribution in [2.75, 3.05) is 17.7 Å². The third-order valence-corrected chi connectivity index (χ3v) is 3.77. The molecule has 0 saturated heterocycles. The third kappa shape index (κ3) is 3.19. The van der Waals surface area contributed by atoms with Crippen LogP contribution in [0.4, 0.5) is 11.4 Å². The smallest absolute Gasteiger partial charge is 0.338 e. The molecule has 0 bridgehead atoms. The van der Waals surface area contributed by atoms with Gasteiger partial charge in [-0.15, -0.1) is 0 Å². The van der Waals surface area contributed by atoms with Crippen LogP contribution in [0.1, 0.15) is 43.5 Å². The summed E-state index contributed by atoms with van der Waals surface area (Å²) in [5, 5.41) is 3.48. The Hall–Kier alpha value is -1.71. The van der Waals surface area contributed by atoms with Gasteiger partial charge in [-0.3, -0.25) is 0 Å². The van der Waals surface area contributed by atoms with E-state index in [-0.39, 0.29) is 5.97 Å². The first-order chi connectivity index (χ1) is 9.11. The monoisotopic (exact) mass is 262 g/mol. The topological polar surface area (TPSA) is 64.3 Å². The van der Waals surface area contributed by atoms with E-state index >= 15 is 0 Å². The van der Waals surface area contributed by atoms with E-state index in [1.807, 2.05) is 6.07 Å². The van der Waals surface area contributed by atoms with E-state index in [4.69, 9.17) is 10.5 Å². The summed E-state index contributed by atoms with van der Waals surface area (Å²) in [5.41, 5.74) is 8.02. The Morgan fingerprint density at radius 3 is 2.84 bits per heavy atom. The van der Waals surface area contributed by atoms with E-state index in [0.717, 1.165) is 5.69 Å². The number of hydrogen-bond donors (Lipinski definition) is 2. The van der Waals surface area contributed by atoms with Gasteiger partial charge in [0.15, 0.2) is 0 Å². The molecule has 3 N–H and O–H groups in total. The standard InChI is InChI=1S/C15H22N2O2/c1-3-19-15(18)11-7-8-14(12(16)9-11)17-13-6-4-5-10(13)2/h7-10,13,17H,3-6,16H2,1-2H3. The second kappa shape index (κ2) is 5.95. The summed E-state index contributed by atoms with van der Waals surface area (Å²) < 4.78 is 4.96. The number of hydrogen-bond acceptors (Lipinski definition) is 4. The molecule has 2 unspecified atom stereocenters. The Morgan fingerprint density at radius 2 is 2.26 bits per heavy atom. The van der Waals surface area contributed by atoms with Crippen molar-refractivity contribution in [1.29, 1.82) is 0 Å². The molecule has 0 amide bonds. The van der Waals surface area contributed by atoms with Crippen LogP contribution in [-0.2, 0) is 4.74 Å². The molecule has 2 rings (SSSR count). The van der Waals surface area contributed by atoms with Crippen molar-refractivity contribution < 1.29 is 9.53 Å². The Kier molecular flexibility index (Phi) is 4.30. The van der Waals surface area contributed by atoms with Crippen molar-refractivity contribution in [2.45, 2.75) is 39.2 Å². The van der Waals surface area contributed by atoms with Gasteiger partial charge in [0.05, 0.1) is 23.5 Å². The molecule has 4 nitrogen and oxygen atoms in total. The second-order valence-electron chi connectivity index (χ2n) is 5.18. The lowest BCUT2D eigenvalue weighted by Crippen LogP contribution is -2.22. The van der Waals surface area contributed by atoms with Gasteiger partial charge >= 0.3 is 5.97 Å². The van der Waals surface area contributed by atoms with E-state index in [9.17, 15) is 4.79 Å². The fraction of sp³-hybridized carbons (Fsp3) is 0.533. The van der Waals surface area contributed by atoms with Crippen LogP contribution < -0.4 is 11.1 Å². The minimum atomic E-state index is -0.324. The highest BCUT2D eigenvalue weighted by Gasteiger charge is 2.23. The van der Waals surface area contributed by atoms with E-state index < -0.39 is 0 Å². The van der Waals surface area contributed by atoms with Gasteiger partial charge < -0.3 is 15.8 Å². The molecule has 0 aliphatic heterocycles. The molecule has 4 heteroatoms. The first-order valence-corrected chi connectivity index (χ1v) is 6.95. The number of benzene rings is 1. The average Bonchev–Trinajstić information content (AvgIpc) is 2.78. The van der Waals surface area contributed by atoms with E-state index in [1.165, 1.54) is 19.3 Å². The summed E-state index contributed by atoms with van der Waals surface area (Å²) in [6.45, 7) is 4.42.